The highest BCUT2D eigenvalue weighted by atomic mass is 16.5. The maximum Gasteiger partial charge on any atom is 0.124 e. The topological polar surface area (TPSA) is 27.1 Å². The van der Waals surface area contributed by atoms with Gasteiger partial charge in [-0.1, -0.05) is 6.92 Å². The molecule has 3 heteroatoms. The van der Waals surface area contributed by atoms with Gasteiger partial charge in [0.2, 0.25) is 0 Å². The number of hydrogen-bond donors (Lipinski definition) is 0. The van der Waals surface area contributed by atoms with Gasteiger partial charge in [0, 0.05) is 24.7 Å². The van der Waals surface area contributed by atoms with Crippen LogP contribution in [0, 0.1) is 0 Å². The summed E-state index contributed by atoms with van der Waals surface area (Å²) in [6, 6.07) is 4.13. The molecule has 0 aliphatic carbocycles. The van der Waals surface area contributed by atoms with E-state index >= 15 is 0 Å². The van der Waals surface area contributed by atoms with Gasteiger partial charge in [-0.15, -0.1) is 0 Å². The van der Waals surface area contributed by atoms with E-state index in [0.29, 0.717) is 0 Å². The first kappa shape index (κ1) is 9.06. The summed E-state index contributed by atoms with van der Waals surface area (Å²) in [5.41, 5.74) is 2.22. The molecule has 0 saturated carbocycles. The minimum absolute atomic E-state index is 0.929. The second kappa shape index (κ2) is 3.33. The van der Waals surface area contributed by atoms with E-state index in [1.54, 1.807) is 7.11 Å². The summed E-state index contributed by atoms with van der Waals surface area (Å²) in [5.74, 6) is 0.929. The lowest BCUT2D eigenvalue weighted by Gasteiger charge is -2.05. The average molecular weight is 190 g/mol. The van der Waals surface area contributed by atoms with Crippen molar-refractivity contribution in [2.75, 3.05) is 7.11 Å². The van der Waals surface area contributed by atoms with E-state index in [0.717, 1.165) is 17.7 Å². The number of nitrogens with zero attached hydrogens (tertiary/aromatic N) is 2. The van der Waals surface area contributed by atoms with Crippen LogP contribution < -0.4 is 4.74 Å². The van der Waals surface area contributed by atoms with Crippen molar-refractivity contribution in [2.24, 2.45) is 7.05 Å². The highest BCUT2D eigenvalue weighted by molar-refractivity contribution is 5.81. The molecule has 0 spiro atoms. The third-order valence-corrected chi connectivity index (χ3v) is 2.40. The number of rotatable bonds is 2. The Hall–Kier alpha value is -1.51. The SMILES string of the molecule is CCc1cc2cn(C)nc2cc1OC. The summed E-state index contributed by atoms with van der Waals surface area (Å²) < 4.78 is 7.13. The van der Waals surface area contributed by atoms with Gasteiger partial charge in [-0.2, -0.15) is 5.10 Å². The third-order valence-electron chi connectivity index (χ3n) is 2.40. The van der Waals surface area contributed by atoms with Crippen molar-refractivity contribution < 1.29 is 4.74 Å². The van der Waals surface area contributed by atoms with E-state index in [2.05, 4.69) is 18.1 Å². The molecular formula is C11H14N2O. The molecular weight excluding hydrogens is 176 g/mol. The van der Waals surface area contributed by atoms with Crippen LogP contribution >= 0.6 is 0 Å². The Morgan fingerprint density at radius 2 is 2.21 bits per heavy atom. The van der Waals surface area contributed by atoms with Gasteiger partial charge in [0.05, 0.1) is 12.6 Å². The fourth-order valence-corrected chi connectivity index (χ4v) is 1.69. The first-order valence-corrected chi connectivity index (χ1v) is 4.75. The molecule has 1 aromatic carbocycles. The van der Waals surface area contributed by atoms with Crippen molar-refractivity contribution >= 4 is 10.9 Å². The van der Waals surface area contributed by atoms with Crippen LogP contribution in [0.1, 0.15) is 12.5 Å². The summed E-state index contributed by atoms with van der Waals surface area (Å²) >= 11 is 0. The van der Waals surface area contributed by atoms with Crippen LogP contribution in [0.25, 0.3) is 10.9 Å². The Bertz CT molecular complexity index is 419. The number of hydrogen-bond acceptors (Lipinski definition) is 2. The second-order valence-electron chi connectivity index (χ2n) is 3.38. The highest BCUT2D eigenvalue weighted by Gasteiger charge is 2.05. The molecule has 0 N–H and O–H groups in total. The lowest BCUT2D eigenvalue weighted by molar-refractivity contribution is 0.410. The normalized spacial score (nSPS) is 10.8. The Morgan fingerprint density at radius 1 is 1.43 bits per heavy atom. The van der Waals surface area contributed by atoms with Crippen LogP contribution in [-0.4, -0.2) is 16.9 Å². The monoisotopic (exact) mass is 190 g/mol. The van der Waals surface area contributed by atoms with Crippen molar-refractivity contribution in [1.82, 2.24) is 9.78 Å². The fraction of sp³-hybridized carbons (Fsp3) is 0.364. The lowest BCUT2D eigenvalue weighted by atomic mass is 10.1. The predicted molar refractivity (Wildman–Crippen MR) is 56.6 cm³/mol. The van der Waals surface area contributed by atoms with Gasteiger partial charge in [0.25, 0.3) is 0 Å². The Labute approximate surface area is 83.3 Å². The number of aromatic nitrogens is 2. The van der Waals surface area contributed by atoms with E-state index in [4.69, 9.17) is 4.74 Å². The molecule has 0 fully saturated rings. The van der Waals surface area contributed by atoms with Gasteiger partial charge in [-0.3, -0.25) is 4.68 Å². The number of fused-ring (bicyclic) bond motifs is 1. The van der Waals surface area contributed by atoms with Gasteiger partial charge in [-0.25, -0.2) is 0 Å². The Morgan fingerprint density at radius 3 is 2.86 bits per heavy atom. The van der Waals surface area contributed by atoms with Crippen molar-refractivity contribution in [3.63, 3.8) is 0 Å². The van der Waals surface area contributed by atoms with E-state index < -0.39 is 0 Å². The number of methoxy groups -OCH3 is 1. The standard InChI is InChI=1S/C11H14N2O/c1-4-8-5-9-7-13(2)12-10(9)6-11(8)14-3/h5-7H,4H2,1-3H3. The van der Waals surface area contributed by atoms with Gasteiger partial charge in [0.15, 0.2) is 0 Å². The molecule has 2 aromatic rings. The first-order valence-electron chi connectivity index (χ1n) is 4.75. The summed E-state index contributed by atoms with van der Waals surface area (Å²) in [6.45, 7) is 2.13. The zero-order valence-electron chi connectivity index (χ0n) is 8.74. The third kappa shape index (κ3) is 1.35. The lowest BCUT2D eigenvalue weighted by Crippen LogP contribution is -1.90. The summed E-state index contributed by atoms with van der Waals surface area (Å²) in [4.78, 5) is 0. The van der Waals surface area contributed by atoms with Crippen LogP contribution in [-0.2, 0) is 13.5 Å². The summed E-state index contributed by atoms with van der Waals surface area (Å²) in [6.07, 6.45) is 3.00. The second-order valence-corrected chi connectivity index (χ2v) is 3.38. The summed E-state index contributed by atoms with van der Waals surface area (Å²) in [7, 11) is 3.63. The van der Waals surface area contributed by atoms with Crippen LogP contribution in [0.5, 0.6) is 5.75 Å². The van der Waals surface area contributed by atoms with Gasteiger partial charge < -0.3 is 4.74 Å². The molecule has 0 atom stereocenters. The molecule has 14 heavy (non-hydrogen) atoms. The van der Waals surface area contributed by atoms with Gasteiger partial charge >= 0.3 is 0 Å². The van der Waals surface area contributed by atoms with E-state index in [-0.39, 0.29) is 0 Å². The van der Waals surface area contributed by atoms with Crippen LogP contribution in [0.4, 0.5) is 0 Å². The van der Waals surface area contributed by atoms with Crippen molar-refractivity contribution in [3.8, 4) is 5.75 Å². The molecule has 0 saturated heterocycles. The number of benzene rings is 1. The fourth-order valence-electron chi connectivity index (χ4n) is 1.69. The molecule has 0 aliphatic rings. The minimum Gasteiger partial charge on any atom is -0.496 e. The van der Waals surface area contributed by atoms with Crippen molar-refractivity contribution in [3.05, 3.63) is 23.9 Å². The molecule has 0 bridgehead atoms. The average Bonchev–Trinajstić information content (AvgIpc) is 2.54. The predicted octanol–water partition coefficient (Wildman–Crippen LogP) is 2.14. The quantitative estimate of drug-likeness (QED) is 0.725. The van der Waals surface area contributed by atoms with E-state index in [1.807, 2.05) is 24.0 Å². The maximum absolute atomic E-state index is 5.30. The molecule has 74 valence electrons. The minimum atomic E-state index is 0.929. The Balaban J connectivity index is 2.68. The van der Waals surface area contributed by atoms with E-state index in [1.165, 1.54) is 10.9 Å². The molecule has 0 radical (unpaired) electrons. The zero-order chi connectivity index (χ0) is 10.1. The number of ether oxygens (including phenoxy) is 1. The molecule has 1 heterocycles. The molecule has 0 aliphatic heterocycles. The van der Waals surface area contributed by atoms with Gasteiger partial charge in [0.1, 0.15) is 5.75 Å². The first-order chi connectivity index (χ1) is 6.74. The summed E-state index contributed by atoms with van der Waals surface area (Å²) in [5, 5.41) is 5.51. The van der Waals surface area contributed by atoms with E-state index in [9.17, 15) is 0 Å². The smallest absolute Gasteiger partial charge is 0.124 e. The molecule has 3 nitrogen and oxygen atoms in total. The number of aryl methyl sites for hydroxylation is 2. The van der Waals surface area contributed by atoms with Crippen molar-refractivity contribution in [2.45, 2.75) is 13.3 Å². The largest absolute Gasteiger partial charge is 0.496 e. The van der Waals surface area contributed by atoms with Crippen molar-refractivity contribution in [1.29, 1.82) is 0 Å². The van der Waals surface area contributed by atoms with Crippen LogP contribution in [0.3, 0.4) is 0 Å². The molecule has 1 aromatic heterocycles. The van der Waals surface area contributed by atoms with Crippen LogP contribution in [0.2, 0.25) is 0 Å². The Kier molecular flexibility index (Phi) is 2.15. The van der Waals surface area contributed by atoms with Gasteiger partial charge in [-0.05, 0) is 18.1 Å². The zero-order valence-corrected chi connectivity index (χ0v) is 8.74. The highest BCUT2D eigenvalue weighted by Crippen LogP contribution is 2.25. The van der Waals surface area contributed by atoms with Crippen LogP contribution in [0.15, 0.2) is 18.3 Å². The molecule has 0 amide bonds. The maximum atomic E-state index is 5.30. The molecule has 0 unspecified atom stereocenters. The molecule has 2 rings (SSSR count).